The molecule has 8 nitrogen and oxygen atoms in total. The van der Waals surface area contributed by atoms with E-state index in [-0.39, 0.29) is 33.0 Å². The number of piperidine rings is 1. The number of aryl methyl sites for hydroxylation is 1. The first-order valence-corrected chi connectivity index (χ1v) is 12.8. The van der Waals surface area contributed by atoms with Gasteiger partial charge in [-0.25, -0.2) is 8.42 Å². The minimum Gasteiger partial charge on any atom is -0.396 e. The van der Waals surface area contributed by atoms with Crippen molar-refractivity contribution in [1.29, 1.82) is 0 Å². The maximum Gasteiger partial charge on any atom is 0.241 e. The Morgan fingerprint density at radius 3 is 2.28 bits per heavy atom. The van der Waals surface area contributed by atoms with Crippen LogP contribution in [0.4, 0.5) is 11.5 Å². The number of anilines is 2. The Bertz CT molecular complexity index is 1100. The zero-order valence-electron chi connectivity index (χ0n) is 17.6. The Morgan fingerprint density at radius 2 is 1.75 bits per heavy atom. The van der Waals surface area contributed by atoms with Gasteiger partial charge in [-0.2, -0.15) is 4.72 Å². The fraction of sp³-hybridized carbons (Fsp3) is 0.476. The van der Waals surface area contributed by atoms with E-state index in [0.29, 0.717) is 30.9 Å². The van der Waals surface area contributed by atoms with Crippen LogP contribution < -0.4 is 16.2 Å². The zero-order chi connectivity index (χ0) is 23.1. The molecule has 32 heavy (non-hydrogen) atoms. The molecular weight excluding hydrogens is 473 g/mol. The van der Waals surface area contributed by atoms with Crippen LogP contribution in [0.5, 0.6) is 0 Å². The largest absolute Gasteiger partial charge is 0.396 e. The average molecular weight is 500 g/mol. The van der Waals surface area contributed by atoms with E-state index in [1.807, 2.05) is 0 Å². The van der Waals surface area contributed by atoms with Crippen LogP contribution in [0.1, 0.15) is 32.1 Å². The lowest BCUT2D eigenvalue weighted by Gasteiger charge is -2.34. The number of hydrogen-bond acceptors (Lipinski definition) is 5. The topological polar surface area (TPSA) is 123 Å². The van der Waals surface area contributed by atoms with Crippen molar-refractivity contribution in [3.05, 3.63) is 40.5 Å². The summed E-state index contributed by atoms with van der Waals surface area (Å²) in [6.45, 7) is 1.67. The van der Waals surface area contributed by atoms with E-state index in [9.17, 15) is 13.2 Å². The summed E-state index contributed by atoms with van der Waals surface area (Å²) in [6.07, 6.45) is 6.41. The molecule has 2 aromatic rings. The molecule has 1 spiro atoms. The van der Waals surface area contributed by atoms with Crippen LogP contribution in [0, 0.1) is 5.41 Å². The third-order valence-corrected chi connectivity index (χ3v) is 8.65. The number of benzene rings is 1. The Labute approximate surface area is 197 Å². The van der Waals surface area contributed by atoms with Gasteiger partial charge in [0.05, 0.1) is 20.6 Å². The second-order valence-corrected chi connectivity index (χ2v) is 11.2. The van der Waals surface area contributed by atoms with Gasteiger partial charge < -0.3 is 20.9 Å². The Hall–Kier alpha value is -1.94. The Balaban J connectivity index is 1.55. The van der Waals surface area contributed by atoms with Crippen molar-refractivity contribution >= 4 is 50.6 Å². The summed E-state index contributed by atoms with van der Waals surface area (Å²) in [6, 6.07) is 5.06. The summed E-state index contributed by atoms with van der Waals surface area (Å²) in [7, 11) is -4.08. The SMILES string of the molecule is Nc1c(Cl)cc(S(=O)(=O)NC(CCn2cccc2N)C(=O)N2CCC3(CC2)CC3)cc1Cl. The number of hydrogen-bond donors (Lipinski definition) is 3. The quantitative estimate of drug-likeness (QED) is 0.504. The molecule has 1 aromatic heterocycles. The van der Waals surface area contributed by atoms with Crippen LogP contribution in [0.2, 0.25) is 10.0 Å². The molecule has 174 valence electrons. The van der Waals surface area contributed by atoms with Crippen molar-refractivity contribution in [2.24, 2.45) is 5.41 Å². The van der Waals surface area contributed by atoms with Gasteiger partial charge in [0, 0.05) is 25.8 Å². The first-order valence-electron chi connectivity index (χ1n) is 10.6. The molecule has 4 rings (SSSR count). The van der Waals surface area contributed by atoms with Gasteiger partial charge in [-0.15, -0.1) is 0 Å². The third-order valence-electron chi connectivity index (χ3n) is 6.57. The lowest BCUT2D eigenvalue weighted by atomic mass is 9.93. The molecule has 1 atom stereocenters. The summed E-state index contributed by atoms with van der Waals surface area (Å²) in [4.78, 5) is 15.0. The van der Waals surface area contributed by atoms with Crippen molar-refractivity contribution in [2.45, 2.75) is 49.6 Å². The van der Waals surface area contributed by atoms with Crippen molar-refractivity contribution in [1.82, 2.24) is 14.2 Å². The van der Waals surface area contributed by atoms with Gasteiger partial charge in [-0.1, -0.05) is 23.2 Å². The molecule has 1 saturated carbocycles. The second-order valence-electron chi connectivity index (χ2n) is 8.71. The maximum absolute atomic E-state index is 13.4. The predicted molar refractivity (Wildman–Crippen MR) is 126 cm³/mol. The number of carbonyl (C=O) groups is 1. The number of likely N-dealkylation sites (tertiary alicyclic amines) is 1. The van der Waals surface area contributed by atoms with Gasteiger partial charge in [0.1, 0.15) is 11.9 Å². The minimum absolute atomic E-state index is 0.0339. The van der Waals surface area contributed by atoms with Crippen LogP contribution >= 0.6 is 23.2 Å². The van der Waals surface area contributed by atoms with Gasteiger partial charge in [0.2, 0.25) is 15.9 Å². The van der Waals surface area contributed by atoms with Crippen molar-refractivity contribution in [3.8, 4) is 0 Å². The minimum atomic E-state index is -4.08. The number of nitrogens with zero attached hydrogens (tertiary/aromatic N) is 2. The summed E-state index contributed by atoms with van der Waals surface area (Å²) < 4.78 is 30.6. The molecule has 0 bridgehead atoms. The normalized spacial score (nSPS) is 18.6. The fourth-order valence-corrected chi connectivity index (χ4v) is 6.09. The van der Waals surface area contributed by atoms with Crippen LogP contribution in [0.15, 0.2) is 35.4 Å². The molecule has 1 unspecified atom stereocenters. The van der Waals surface area contributed by atoms with Crippen LogP contribution in [-0.2, 0) is 21.4 Å². The number of carbonyl (C=O) groups excluding carboxylic acids is 1. The van der Waals surface area contributed by atoms with E-state index < -0.39 is 16.1 Å². The third kappa shape index (κ3) is 4.85. The lowest BCUT2D eigenvalue weighted by molar-refractivity contribution is -0.134. The van der Waals surface area contributed by atoms with Gasteiger partial charge in [-0.3, -0.25) is 4.79 Å². The Kier molecular flexibility index (Phi) is 6.37. The number of sulfonamides is 1. The number of halogens is 2. The van der Waals surface area contributed by atoms with Gasteiger partial charge in [-0.05, 0) is 61.8 Å². The van der Waals surface area contributed by atoms with Gasteiger partial charge >= 0.3 is 0 Å². The molecule has 1 aromatic carbocycles. The summed E-state index contributed by atoms with van der Waals surface area (Å²) in [5, 5.41) is 0.0678. The highest BCUT2D eigenvalue weighted by Gasteiger charge is 2.45. The molecule has 1 aliphatic carbocycles. The summed E-state index contributed by atoms with van der Waals surface area (Å²) >= 11 is 12.1. The summed E-state index contributed by atoms with van der Waals surface area (Å²) in [5.41, 5.74) is 12.2. The van der Waals surface area contributed by atoms with Crippen molar-refractivity contribution in [3.63, 3.8) is 0 Å². The number of nitrogens with one attached hydrogen (secondary N) is 1. The van der Waals surface area contributed by atoms with Gasteiger partial charge in [0.25, 0.3) is 0 Å². The number of nitrogens with two attached hydrogens (primary N) is 2. The van der Waals surface area contributed by atoms with Crippen molar-refractivity contribution in [2.75, 3.05) is 24.6 Å². The molecule has 11 heteroatoms. The zero-order valence-corrected chi connectivity index (χ0v) is 19.9. The predicted octanol–water partition coefficient (Wildman–Crippen LogP) is 3.10. The maximum atomic E-state index is 13.4. The monoisotopic (exact) mass is 499 g/mol. The van der Waals surface area contributed by atoms with Gasteiger partial charge in [0.15, 0.2) is 0 Å². The molecular formula is C21H27Cl2N5O3S. The second kappa shape index (κ2) is 8.78. The number of aromatic nitrogens is 1. The van der Waals surface area contributed by atoms with E-state index in [4.69, 9.17) is 34.7 Å². The van der Waals surface area contributed by atoms with E-state index in [0.717, 1.165) is 12.8 Å². The number of rotatable bonds is 7. The molecule has 1 aliphatic heterocycles. The highest BCUT2D eigenvalue weighted by atomic mass is 35.5. The molecule has 0 radical (unpaired) electrons. The molecule has 1 amide bonds. The average Bonchev–Trinajstić information content (AvgIpc) is 3.38. The number of nitrogen functional groups attached to an aromatic ring is 2. The van der Waals surface area contributed by atoms with E-state index in [2.05, 4.69) is 4.72 Å². The molecule has 1 saturated heterocycles. The smallest absolute Gasteiger partial charge is 0.241 e. The fourth-order valence-electron chi connectivity index (χ4n) is 4.20. The number of amides is 1. The molecule has 2 aliphatic rings. The molecule has 5 N–H and O–H groups in total. The molecule has 2 heterocycles. The van der Waals surface area contributed by atoms with E-state index in [1.54, 1.807) is 27.8 Å². The van der Waals surface area contributed by atoms with Crippen LogP contribution in [-0.4, -0.2) is 42.9 Å². The van der Waals surface area contributed by atoms with E-state index >= 15 is 0 Å². The highest BCUT2D eigenvalue weighted by Crippen LogP contribution is 2.53. The first-order chi connectivity index (χ1) is 15.1. The first kappa shape index (κ1) is 23.2. The van der Waals surface area contributed by atoms with Crippen LogP contribution in [0.3, 0.4) is 0 Å². The van der Waals surface area contributed by atoms with Crippen LogP contribution in [0.25, 0.3) is 0 Å². The van der Waals surface area contributed by atoms with Crippen molar-refractivity contribution < 1.29 is 13.2 Å². The lowest BCUT2D eigenvalue weighted by Crippen LogP contribution is -2.51. The highest BCUT2D eigenvalue weighted by molar-refractivity contribution is 7.89. The standard InChI is InChI=1S/C21H27Cl2N5O3S/c22-15-12-14(13-16(23)19(15)25)32(30,31)26-17(3-9-27-8-1-2-18(27)24)20(29)28-10-6-21(4-5-21)7-11-28/h1-2,8,12-13,17,26H,3-7,9-11,24-25H2. The summed E-state index contributed by atoms with van der Waals surface area (Å²) in [5.74, 6) is 0.312. The Morgan fingerprint density at radius 1 is 1.12 bits per heavy atom. The van der Waals surface area contributed by atoms with E-state index in [1.165, 1.54) is 25.0 Å². The molecule has 2 fully saturated rings.